The zero-order chi connectivity index (χ0) is 19.8. The molecule has 1 heterocycles. The lowest BCUT2D eigenvalue weighted by Crippen LogP contribution is -2.41. The van der Waals surface area contributed by atoms with Crippen LogP contribution in [0.3, 0.4) is 0 Å². The number of carbonyl (C=O) groups excluding carboxylic acids is 2. The number of piperidine rings is 1. The summed E-state index contributed by atoms with van der Waals surface area (Å²) in [5.41, 5.74) is 2.04. The molecule has 28 heavy (non-hydrogen) atoms. The highest BCUT2D eigenvalue weighted by molar-refractivity contribution is 5.94. The molecule has 0 radical (unpaired) electrons. The van der Waals surface area contributed by atoms with Crippen molar-refractivity contribution in [2.75, 3.05) is 19.6 Å². The highest BCUT2D eigenvalue weighted by atomic mass is 16.6. The highest BCUT2D eigenvalue weighted by Gasteiger charge is 2.24. The molecule has 1 saturated heterocycles. The Balaban J connectivity index is 1.38. The van der Waals surface area contributed by atoms with Crippen molar-refractivity contribution in [3.05, 3.63) is 71.3 Å². The molecular weight excluding hydrogens is 354 g/mol. The van der Waals surface area contributed by atoms with Crippen molar-refractivity contribution >= 4 is 12.0 Å². The van der Waals surface area contributed by atoms with E-state index in [2.05, 4.69) is 5.32 Å². The van der Waals surface area contributed by atoms with Gasteiger partial charge in [-0.3, -0.25) is 4.79 Å². The molecule has 0 unspecified atom stereocenters. The fourth-order valence-corrected chi connectivity index (χ4v) is 3.17. The third-order valence-electron chi connectivity index (χ3n) is 4.91. The van der Waals surface area contributed by atoms with Crippen LogP contribution in [0.4, 0.5) is 4.79 Å². The number of hydrogen-bond donors (Lipinski definition) is 1. The average Bonchev–Trinajstić information content (AvgIpc) is 2.77. The summed E-state index contributed by atoms with van der Waals surface area (Å²) in [6.45, 7) is 2.11. The van der Waals surface area contributed by atoms with Crippen LogP contribution in [0.5, 0.6) is 0 Å². The lowest BCUT2D eigenvalue weighted by molar-refractivity contribution is 0.0801. The molecule has 0 aromatic heterocycles. The third kappa shape index (κ3) is 5.34. The van der Waals surface area contributed by atoms with Crippen molar-refractivity contribution in [3.8, 4) is 6.07 Å². The number of nitrogens with zero attached hydrogens (tertiary/aromatic N) is 2. The van der Waals surface area contributed by atoms with E-state index in [0.717, 1.165) is 18.4 Å². The summed E-state index contributed by atoms with van der Waals surface area (Å²) >= 11 is 0. The zero-order valence-electron chi connectivity index (χ0n) is 15.6. The second-order valence-corrected chi connectivity index (χ2v) is 6.87. The maximum atomic E-state index is 12.2. The van der Waals surface area contributed by atoms with E-state index < -0.39 is 0 Å². The average molecular weight is 377 g/mol. The minimum absolute atomic E-state index is 0.144. The quantitative estimate of drug-likeness (QED) is 0.866. The first-order valence-electron chi connectivity index (χ1n) is 9.39. The third-order valence-corrected chi connectivity index (χ3v) is 4.91. The van der Waals surface area contributed by atoms with E-state index in [1.807, 2.05) is 36.4 Å². The molecular formula is C22H23N3O3. The van der Waals surface area contributed by atoms with Crippen molar-refractivity contribution in [1.82, 2.24) is 10.2 Å². The molecule has 2 aromatic carbocycles. The molecule has 2 aromatic rings. The van der Waals surface area contributed by atoms with Gasteiger partial charge in [-0.1, -0.05) is 30.3 Å². The van der Waals surface area contributed by atoms with E-state index in [4.69, 9.17) is 10.00 Å². The highest BCUT2D eigenvalue weighted by Crippen LogP contribution is 2.18. The maximum Gasteiger partial charge on any atom is 0.410 e. The predicted octanol–water partition coefficient (Wildman–Crippen LogP) is 3.34. The largest absolute Gasteiger partial charge is 0.445 e. The van der Waals surface area contributed by atoms with E-state index in [1.54, 1.807) is 29.2 Å². The Hall–Kier alpha value is -3.33. The lowest BCUT2D eigenvalue weighted by atomic mass is 9.97. The monoisotopic (exact) mass is 377 g/mol. The number of hydrogen-bond acceptors (Lipinski definition) is 4. The number of rotatable bonds is 5. The fourth-order valence-electron chi connectivity index (χ4n) is 3.17. The predicted molar refractivity (Wildman–Crippen MR) is 104 cm³/mol. The second kappa shape index (κ2) is 9.56. The Labute approximate surface area is 164 Å². The number of nitriles is 1. The SMILES string of the molecule is N#Cc1ccc(C(=O)NCC2CCN(C(=O)OCc3ccccc3)CC2)cc1. The molecule has 144 valence electrons. The van der Waals surface area contributed by atoms with Gasteiger partial charge in [0.25, 0.3) is 5.91 Å². The Kier molecular flexibility index (Phi) is 6.64. The van der Waals surface area contributed by atoms with Crippen LogP contribution >= 0.6 is 0 Å². The van der Waals surface area contributed by atoms with E-state index in [9.17, 15) is 9.59 Å². The van der Waals surface area contributed by atoms with Gasteiger partial charge in [0, 0.05) is 25.2 Å². The summed E-state index contributed by atoms with van der Waals surface area (Å²) in [6, 6.07) is 18.2. The first-order valence-corrected chi connectivity index (χ1v) is 9.39. The van der Waals surface area contributed by atoms with E-state index in [-0.39, 0.29) is 18.6 Å². The maximum absolute atomic E-state index is 12.2. The first kappa shape index (κ1) is 19.4. The van der Waals surface area contributed by atoms with Gasteiger partial charge in [0.1, 0.15) is 6.61 Å². The van der Waals surface area contributed by atoms with Gasteiger partial charge in [-0.05, 0) is 48.6 Å². The summed E-state index contributed by atoms with van der Waals surface area (Å²) in [4.78, 5) is 26.1. The van der Waals surface area contributed by atoms with Gasteiger partial charge in [-0.15, -0.1) is 0 Å². The smallest absolute Gasteiger partial charge is 0.410 e. The van der Waals surface area contributed by atoms with Gasteiger partial charge in [-0.25, -0.2) is 4.79 Å². The normalized spacial score (nSPS) is 14.2. The van der Waals surface area contributed by atoms with Gasteiger partial charge in [-0.2, -0.15) is 5.26 Å². The van der Waals surface area contributed by atoms with Gasteiger partial charge >= 0.3 is 6.09 Å². The number of likely N-dealkylation sites (tertiary alicyclic amines) is 1. The van der Waals surface area contributed by atoms with Crippen LogP contribution in [-0.4, -0.2) is 36.5 Å². The lowest BCUT2D eigenvalue weighted by Gasteiger charge is -2.31. The Morgan fingerprint density at radius 2 is 1.75 bits per heavy atom. The molecule has 0 atom stereocenters. The number of amides is 2. The summed E-state index contributed by atoms with van der Waals surface area (Å²) in [6.07, 6.45) is 1.37. The van der Waals surface area contributed by atoms with Gasteiger partial charge < -0.3 is 15.0 Å². The molecule has 6 heteroatoms. The molecule has 1 fully saturated rings. The van der Waals surface area contributed by atoms with Crippen molar-refractivity contribution in [3.63, 3.8) is 0 Å². The van der Waals surface area contributed by atoms with Crippen LogP contribution in [0.1, 0.15) is 34.3 Å². The fraction of sp³-hybridized carbons (Fsp3) is 0.318. The van der Waals surface area contributed by atoms with E-state index in [1.165, 1.54) is 0 Å². The van der Waals surface area contributed by atoms with Crippen molar-refractivity contribution in [1.29, 1.82) is 5.26 Å². The van der Waals surface area contributed by atoms with Crippen LogP contribution in [0.25, 0.3) is 0 Å². The van der Waals surface area contributed by atoms with Gasteiger partial charge in [0.05, 0.1) is 11.6 Å². The number of carbonyl (C=O) groups is 2. The Bertz CT molecular complexity index is 836. The number of benzene rings is 2. The number of ether oxygens (including phenoxy) is 1. The number of nitrogens with one attached hydrogen (secondary N) is 1. The summed E-state index contributed by atoms with van der Waals surface area (Å²) in [7, 11) is 0. The molecule has 0 spiro atoms. The molecule has 0 aliphatic carbocycles. The van der Waals surface area contributed by atoms with Crippen LogP contribution in [0.2, 0.25) is 0 Å². The van der Waals surface area contributed by atoms with E-state index >= 15 is 0 Å². The Morgan fingerprint density at radius 3 is 2.39 bits per heavy atom. The molecule has 1 aliphatic heterocycles. The van der Waals surface area contributed by atoms with Gasteiger partial charge in [0.15, 0.2) is 0 Å². The first-order chi connectivity index (χ1) is 13.7. The minimum Gasteiger partial charge on any atom is -0.445 e. The minimum atomic E-state index is -0.288. The van der Waals surface area contributed by atoms with Crippen molar-refractivity contribution in [2.45, 2.75) is 19.4 Å². The topological polar surface area (TPSA) is 82.4 Å². The van der Waals surface area contributed by atoms with Crippen LogP contribution in [-0.2, 0) is 11.3 Å². The van der Waals surface area contributed by atoms with Crippen LogP contribution < -0.4 is 5.32 Å². The summed E-state index contributed by atoms with van der Waals surface area (Å²) in [5.74, 6) is 0.190. The molecule has 2 amide bonds. The Morgan fingerprint density at radius 1 is 1.07 bits per heavy atom. The molecule has 1 aliphatic rings. The zero-order valence-corrected chi connectivity index (χ0v) is 15.6. The molecule has 3 rings (SSSR count). The second-order valence-electron chi connectivity index (χ2n) is 6.87. The van der Waals surface area contributed by atoms with E-state index in [0.29, 0.717) is 36.7 Å². The van der Waals surface area contributed by atoms with Crippen molar-refractivity contribution in [2.24, 2.45) is 5.92 Å². The molecule has 1 N–H and O–H groups in total. The molecule has 0 saturated carbocycles. The van der Waals surface area contributed by atoms with Crippen molar-refractivity contribution < 1.29 is 14.3 Å². The van der Waals surface area contributed by atoms with Gasteiger partial charge in [0.2, 0.25) is 0 Å². The molecule has 6 nitrogen and oxygen atoms in total. The summed E-state index contributed by atoms with van der Waals surface area (Å²) in [5, 5.41) is 11.7. The van der Waals surface area contributed by atoms with Crippen LogP contribution in [0.15, 0.2) is 54.6 Å². The molecule has 0 bridgehead atoms. The standard InChI is InChI=1S/C22H23N3O3/c23-14-17-6-8-20(9-7-17)21(26)24-15-18-10-12-25(13-11-18)22(27)28-16-19-4-2-1-3-5-19/h1-9,18H,10-13,15-16H2,(H,24,26). The summed E-state index contributed by atoms with van der Waals surface area (Å²) < 4.78 is 5.37. The van der Waals surface area contributed by atoms with Crippen LogP contribution in [0, 0.1) is 17.2 Å².